The summed E-state index contributed by atoms with van der Waals surface area (Å²) >= 11 is 0. The van der Waals surface area contributed by atoms with Gasteiger partial charge in [0.15, 0.2) is 0 Å². The van der Waals surface area contributed by atoms with Crippen molar-refractivity contribution in [2.45, 2.75) is 214 Å². The molecular weight excluding hydrogens is 1000 g/mol. The summed E-state index contributed by atoms with van der Waals surface area (Å²) in [5, 5.41) is 21.0. The molecule has 18 heteroatoms. The maximum absolute atomic E-state index is 14.7. The first-order chi connectivity index (χ1) is 37.6. The van der Waals surface area contributed by atoms with Crippen LogP contribution in [0.2, 0.25) is 0 Å². The number of benzene rings is 2. The van der Waals surface area contributed by atoms with Gasteiger partial charge in [-0.15, -0.1) is 0 Å². The van der Waals surface area contributed by atoms with Crippen molar-refractivity contribution in [2.75, 3.05) is 13.1 Å². The standard InChI is InChI=1S/C61H93N9O9/c1-11-40(9)53-58(76)65-47(34-38(5)6)56(74)66-52(39(7)8)61(79)70-32-20-26-49(70)60(78)69-31-19-25-48(69)57(75)63-45(36-43-23-17-14-18-24-43)28-29-50(71)62-44(35-42-21-15-13-16-22-42)27-30-51(72)64-46(33-37(3)4)55(73)67-54(41(10)12-2)59(77)68-53/h13-18,21-24,37-41,44-49,52-54H,11-12,19-20,25-36H2,1-10H3,(H,62,71)(H,63,75)(H,64,72)(H,65,76)(H,66,74)(H,67,73)(H,68,77)/t40-,41-,44-,45+,46-,47-,48-,49-,52-,53-,54-/m0/s1. The number of nitrogens with one attached hydrogen (secondary N) is 7. The van der Waals surface area contributed by atoms with Crippen LogP contribution in [-0.2, 0) is 56.0 Å². The highest BCUT2D eigenvalue weighted by Crippen LogP contribution is 2.27. The molecule has 3 aliphatic rings. The fourth-order valence-electron chi connectivity index (χ4n) is 11.0. The van der Waals surface area contributed by atoms with Crippen molar-refractivity contribution in [1.82, 2.24) is 47.0 Å². The van der Waals surface area contributed by atoms with Gasteiger partial charge < -0.3 is 47.0 Å². The molecule has 7 N–H and O–H groups in total. The number of carbonyl (C=O) groups is 9. The number of carbonyl (C=O) groups excluding carboxylic acids is 9. The zero-order chi connectivity index (χ0) is 57.9. The van der Waals surface area contributed by atoms with Gasteiger partial charge >= 0.3 is 0 Å². The molecular formula is C61H93N9O9. The fourth-order valence-corrected chi connectivity index (χ4v) is 11.0. The maximum Gasteiger partial charge on any atom is 0.246 e. The Hall–Kier alpha value is -6.33. The summed E-state index contributed by atoms with van der Waals surface area (Å²) in [5.74, 6) is -5.44. The molecule has 0 aliphatic carbocycles. The smallest absolute Gasteiger partial charge is 0.246 e. The lowest BCUT2D eigenvalue weighted by Gasteiger charge is -2.35. The molecule has 9 amide bonds. The van der Waals surface area contributed by atoms with Crippen LogP contribution in [0.15, 0.2) is 60.7 Å². The molecule has 3 saturated heterocycles. The summed E-state index contributed by atoms with van der Waals surface area (Å²) < 4.78 is 0. The molecule has 2 aromatic carbocycles. The first-order valence-corrected chi connectivity index (χ1v) is 29.4. The minimum Gasteiger partial charge on any atom is -0.353 e. The molecule has 79 heavy (non-hydrogen) atoms. The first-order valence-electron chi connectivity index (χ1n) is 29.4. The molecule has 0 spiro atoms. The SMILES string of the molecule is CC[C@H](C)[C@@H]1NC(=O)[C@H](CC(C)C)NC(=O)CC[C@@H](Cc2ccccc2)NC(=O)CC[C@H](Cc2ccccc2)NC(=O)[C@@H]2CCCN2C(=O)[C@@H]2CCCN2C(=O)[C@H](C(C)C)NC(=O)[C@H](CC(C)C)NC(=O)[C@H]([C@@H](C)CC)NC1=O. The molecule has 3 heterocycles. The van der Waals surface area contributed by atoms with Crippen molar-refractivity contribution in [1.29, 1.82) is 0 Å². The molecule has 0 saturated carbocycles. The molecule has 3 aliphatic heterocycles. The number of hydrogen-bond acceptors (Lipinski definition) is 9. The third kappa shape index (κ3) is 18.9. The van der Waals surface area contributed by atoms with E-state index in [0.29, 0.717) is 57.9 Å². The summed E-state index contributed by atoms with van der Waals surface area (Å²) in [4.78, 5) is 133. The molecule has 11 atom stereocenters. The maximum atomic E-state index is 14.7. The normalized spacial score (nSPS) is 27.2. The fraction of sp³-hybridized carbons (Fsp3) is 0.656. The van der Waals surface area contributed by atoms with Crippen molar-refractivity contribution >= 4 is 53.2 Å². The highest BCUT2D eigenvalue weighted by Gasteiger charge is 2.45. The zero-order valence-corrected chi connectivity index (χ0v) is 48.7. The average molecular weight is 1100 g/mol. The first kappa shape index (κ1) is 63.5. The van der Waals surface area contributed by atoms with E-state index in [2.05, 4.69) is 37.2 Å². The van der Waals surface area contributed by atoms with Gasteiger partial charge in [-0.3, -0.25) is 43.2 Å². The number of rotatable bonds is 13. The van der Waals surface area contributed by atoms with E-state index in [-0.39, 0.29) is 74.6 Å². The third-order valence-electron chi connectivity index (χ3n) is 16.0. The van der Waals surface area contributed by atoms with Gasteiger partial charge in [-0.2, -0.15) is 0 Å². The number of fused-ring (bicyclic) bond motifs is 2. The van der Waals surface area contributed by atoms with E-state index < -0.39 is 108 Å². The predicted octanol–water partition coefficient (Wildman–Crippen LogP) is 5.26. The van der Waals surface area contributed by atoms with Crippen LogP contribution in [-0.4, -0.2) is 130 Å². The van der Waals surface area contributed by atoms with Gasteiger partial charge in [-0.1, -0.05) is 143 Å². The van der Waals surface area contributed by atoms with Crippen LogP contribution in [0.4, 0.5) is 0 Å². The molecule has 18 nitrogen and oxygen atoms in total. The molecule has 2 aromatic rings. The summed E-state index contributed by atoms with van der Waals surface area (Å²) in [5.41, 5.74) is 1.91. The van der Waals surface area contributed by atoms with Gasteiger partial charge in [0.1, 0.15) is 42.3 Å². The molecule has 0 radical (unpaired) electrons. The molecule has 436 valence electrons. The minimum absolute atomic E-state index is 0.0232. The van der Waals surface area contributed by atoms with E-state index in [9.17, 15) is 43.2 Å². The molecule has 3 fully saturated rings. The van der Waals surface area contributed by atoms with Gasteiger partial charge in [0.25, 0.3) is 0 Å². The topological polar surface area (TPSA) is 244 Å². The largest absolute Gasteiger partial charge is 0.353 e. The van der Waals surface area contributed by atoms with Gasteiger partial charge in [-0.25, -0.2) is 0 Å². The second kappa shape index (κ2) is 30.9. The van der Waals surface area contributed by atoms with Crippen molar-refractivity contribution in [3.05, 3.63) is 71.8 Å². The lowest BCUT2D eigenvalue weighted by atomic mass is 9.93. The summed E-state index contributed by atoms with van der Waals surface area (Å²) in [6.07, 6.45) is 4.79. The molecule has 5 rings (SSSR count). The molecule has 0 bridgehead atoms. The van der Waals surface area contributed by atoms with Crippen LogP contribution in [0, 0.1) is 29.6 Å². The van der Waals surface area contributed by atoms with Gasteiger partial charge in [0, 0.05) is 38.0 Å². The van der Waals surface area contributed by atoms with Gasteiger partial charge in [0.05, 0.1) is 0 Å². The quantitative estimate of drug-likeness (QED) is 0.138. The van der Waals surface area contributed by atoms with Crippen LogP contribution in [0.3, 0.4) is 0 Å². The minimum atomic E-state index is -1.12. The van der Waals surface area contributed by atoms with Crippen LogP contribution >= 0.6 is 0 Å². The van der Waals surface area contributed by atoms with E-state index >= 15 is 0 Å². The Kier molecular flexibility index (Phi) is 24.8. The van der Waals surface area contributed by atoms with Crippen LogP contribution in [0.25, 0.3) is 0 Å². The summed E-state index contributed by atoms with van der Waals surface area (Å²) in [7, 11) is 0. The highest BCUT2D eigenvalue weighted by atomic mass is 16.2. The number of nitrogens with zero attached hydrogens (tertiary/aromatic N) is 2. The highest BCUT2D eigenvalue weighted by molar-refractivity contribution is 5.98. The van der Waals surface area contributed by atoms with Crippen LogP contribution in [0.5, 0.6) is 0 Å². The molecule has 0 aromatic heterocycles. The lowest BCUT2D eigenvalue weighted by molar-refractivity contribution is -0.148. The molecule has 0 unspecified atom stereocenters. The predicted molar refractivity (Wildman–Crippen MR) is 304 cm³/mol. The summed E-state index contributed by atoms with van der Waals surface area (Å²) in [6.45, 7) is 19.3. The Morgan fingerprint density at radius 3 is 1.34 bits per heavy atom. The number of hydrogen-bond donors (Lipinski definition) is 7. The Bertz CT molecular complexity index is 2370. The van der Waals surface area contributed by atoms with Crippen molar-refractivity contribution < 1.29 is 43.2 Å². The van der Waals surface area contributed by atoms with Crippen molar-refractivity contribution in [3.63, 3.8) is 0 Å². The number of amides is 9. The second-order valence-corrected chi connectivity index (χ2v) is 23.7. The van der Waals surface area contributed by atoms with E-state index in [1.54, 1.807) is 18.7 Å². The lowest BCUT2D eigenvalue weighted by Crippen LogP contribution is -2.62. The van der Waals surface area contributed by atoms with Crippen molar-refractivity contribution in [3.8, 4) is 0 Å². The Labute approximate surface area is 469 Å². The Morgan fingerprint density at radius 2 is 0.861 bits per heavy atom. The van der Waals surface area contributed by atoms with Gasteiger partial charge in [-0.05, 0) is 105 Å². The van der Waals surface area contributed by atoms with E-state index in [4.69, 9.17) is 0 Å². The monoisotopic (exact) mass is 1100 g/mol. The van der Waals surface area contributed by atoms with Crippen molar-refractivity contribution in [2.24, 2.45) is 29.6 Å². The second-order valence-electron chi connectivity index (χ2n) is 23.7. The average Bonchev–Trinajstić information content (AvgIpc) is 4.17. The third-order valence-corrected chi connectivity index (χ3v) is 16.0. The van der Waals surface area contributed by atoms with E-state index in [1.807, 2.05) is 116 Å². The van der Waals surface area contributed by atoms with E-state index in [0.717, 1.165) is 11.1 Å². The van der Waals surface area contributed by atoms with Crippen LogP contribution in [0.1, 0.15) is 157 Å². The van der Waals surface area contributed by atoms with Gasteiger partial charge in [0.2, 0.25) is 53.2 Å². The zero-order valence-electron chi connectivity index (χ0n) is 48.7. The Balaban J connectivity index is 1.51. The van der Waals surface area contributed by atoms with Crippen LogP contribution < -0.4 is 37.2 Å². The van der Waals surface area contributed by atoms with E-state index in [1.165, 1.54) is 4.90 Å². The Morgan fingerprint density at radius 1 is 0.443 bits per heavy atom. The summed E-state index contributed by atoms with van der Waals surface area (Å²) in [6, 6.07) is 11.3.